The minimum atomic E-state index is 1.17. The third-order valence-electron chi connectivity index (χ3n) is 7.39. The number of anilines is 2. The van der Waals surface area contributed by atoms with Crippen LogP contribution in [0.1, 0.15) is 0 Å². The summed E-state index contributed by atoms with van der Waals surface area (Å²) in [6, 6.07) is 50.0. The molecule has 0 amide bonds. The molecule has 7 rings (SSSR count). The number of hydrogen-bond donors (Lipinski definition) is 0. The van der Waals surface area contributed by atoms with Gasteiger partial charge in [0.05, 0.1) is 16.7 Å². The topological polar surface area (TPSA) is 8.17 Å². The Morgan fingerprint density at radius 1 is 0.459 bits per heavy atom. The molecular formula is C35H26N2. The van der Waals surface area contributed by atoms with E-state index in [9.17, 15) is 0 Å². The van der Waals surface area contributed by atoms with Crippen molar-refractivity contribution in [2.45, 2.75) is 0 Å². The summed E-state index contributed by atoms with van der Waals surface area (Å²) in [6.45, 7) is 0. The zero-order valence-electron chi connectivity index (χ0n) is 20.7. The molecule has 1 aromatic heterocycles. The molecule has 0 unspecified atom stereocenters. The lowest BCUT2D eigenvalue weighted by Gasteiger charge is -2.21. The minimum Gasteiger partial charge on any atom is -0.345 e. The fourth-order valence-electron chi connectivity index (χ4n) is 5.51. The first-order chi connectivity index (χ1) is 18.3. The lowest BCUT2D eigenvalue weighted by Crippen LogP contribution is -2.09. The molecule has 176 valence electrons. The van der Waals surface area contributed by atoms with Gasteiger partial charge in [-0.15, -0.1) is 0 Å². The highest BCUT2D eigenvalue weighted by molar-refractivity contribution is 6.11. The second-order valence-corrected chi connectivity index (χ2v) is 9.53. The molecule has 7 aromatic rings. The number of fused-ring (bicyclic) bond motifs is 4. The van der Waals surface area contributed by atoms with Crippen LogP contribution >= 0.6 is 0 Å². The average molecular weight is 475 g/mol. The number of hydrogen-bond acceptors (Lipinski definition) is 1. The van der Waals surface area contributed by atoms with Crippen LogP contribution in [-0.4, -0.2) is 11.6 Å². The third kappa shape index (κ3) is 3.57. The van der Waals surface area contributed by atoms with Gasteiger partial charge in [-0.05, 0) is 59.0 Å². The maximum Gasteiger partial charge on any atom is 0.0542 e. The molecule has 0 radical (unpaired) electrons. The summed E-state index contributed by atoms with van der Waals surface area (Å²) in [5.74, 6) is 0. The first kappa shape index (κ1) is 21.5. The van der Waals surface area contributed by atoms with Crippen molar-refractivity contribution in [1.29, 1.82) is 0 Å². The van der Waals surface area contributed by atoms with Gasteiger partial charge in [-0.2, -0.15) is 0 Å². The molecule has 0 aliphatic carbocycles. The van der Waals surface area contributed by atoms with E-state index < -0.39 is 0 Å². The molecule has 2 heteroatoms. The fourth-order valence-corrected chi connectivity index (χ4v) is 5.51. The van der Waals surface area contributed by atoms with Gasteiger partial charge in [0.1, 0.15) is 0 Å². The average Bonchev–Trinajstić information content (AvgIpc) is 3.30. The fraction of sp³-hybridized carbons (Fsp3) is 0.0286. The first-order valence-electron chi connectivity index (χ1n) is 12.7. The van der Waals surface area contributed by atoms with Crippen LogP contribution in [0.15, 0.2) is 140 Å². The van der Waals surface area contributed by atoms with E-state index in [1.54, 1.807) is 0 Å². The Bertz CT molecular complexity index is 1890. The molecular weight excluding hydrogens is 448 g/mol. The van der Waals surface area contributed by atoms with Gasteiger partial charge in [0, 0.05) is 34.6 Å². The van der Waals surface area contributed by atoms with Crippen LogP contribution in [0.4, 0.5) is 11.4 Å². The maximum atomic E-state index is 2.41. The summed E-state index contributed by atoms with van der Waals surface area (Å²) in [7, 11) is 2.15. The van der Waals surface area contributed by atoms with Crippen LogP contribution < -0.4 is 4.90 Å². The van der Waals surface area contributed by atoms with E-state index in [0.717, 1.165) is 0 Å². The summed E-state index contributed by atoms with van der Waals surface area (Å²) < 4.78 is 2.41. The van der Waals surface area contributed by atoms with Crippen molar-refractivity contribution in [1.82, 2.24) is 4.57 Å². The van der Waals surface area contributed by atoms with E-state index >= 15 is 0 Å². The van der Waals surface area contributed by atoms with Gasteiger partial charge < -0.3 is 9.47 Å². The molecule has 0 fully saturated rings. The van der Waals surface area contributed by atoms with Crippen molar-refractivity contribution >= 4 is 44.0 Å². The van der Waals surface area contributed by atoms with Gasteiger partial charge in [0.25, 0.3) is 0 Å². The Hall–Kier alpha value is -4.82. The van der Waals surface area contributed by atoms with E-state index in [-0.39, 0.29) is 0 Å². The predicted molar refractivity (Wildman–Crippen MR) is 158 cm³/mol. The van der Waals surface area contributed by atoms with Crippen molar-refractivity contribution in [3.05, 3.63) is 140 Å². The quantitative estimate of drug-likeness (QED) is 0.247. The van der Waals surface area contributed by atoms with Gasteiger partial charge in [-0.25, -0.2) is 0 Å². The summed E-state index contributed by atoms with van der Waals surface area (Å²) in [6.07, 6.45) is 0. The Kier molecular flexibility index (Phi) is 5.04. The van der Waals surface area contributed by atoms with Gasteiger partial charge in [-0.1, -0.05) is 97.1 Å². The monoisotopic (exact) mass is 474 g/mol. The van der Waals surface area contributed by atoms with Gasteiger partial charge >= 0.3 is 0 Å². The summed E-state index contributed by atoms with van der Waals surface area (Å²) in [5.41, 5.74) is 8.43. The lowest BCUT2D eigenvalue weighted by atomic mass is 10.0. The number of nitrogens with zero attached hydrogens (tertiary/aromatic N) is 2. The van der Waals surface area contributed by atoms with Gasteiger partial charge in [-0.3, -0.25) is 0 Å². The highest BCUT2D eigenvalue weighted by atomic mass is 15.1. The molecule has 0 bridgehead atoms. The van der Waals surface area contributed by atoms with Crippen molar-refractivity contribution < 1.29 is 0 Å². The summed E-state index contributed by atoms with van der Waals surface area (Å²) in [4.78, 5) is 2.27. The van der Waals surface area contributed by atoms with Crippen LogP contribution in [0, 0.1) is 0 Å². The second-order valence-electron chi connectivity index (χ2n) is 9.53. The van der Waals surface area contributed by atoms with Crippen molar-refractivity contribution in [2.24, 2.45) is 0 Å². The second kappa shape index (κ2) is 8.69. The van der Waals surface area contributed by atoms with Crippen LogP contribution in [0.2, 0.25) is 0 Å². The van der Waals surface area contributed by atoms with Crippen LogP contribution in [0.25, 0.3) is 49.4 Å². The Morgan fingerprint density at radius 3 is 2.00 bits per heavy atom. The molecule has 0 spiro atoms. The van der Waals surface area contributed by atoms with E-state index in [0.29, 0.717) is 0 Å². The molecule has 0 aliphatic heterocycles. The van der Waals surface area contributed by atoms with E-state index in [4.69, 9.17) is 0 Å². The van der Waals surface area contributed by atoms with Crippen molar-refractivity contribution in [2.75, 3.05) is 11.9 Å². The van der Waals surface area contributed by atoms with E-state index in [1.807, 2.05) is 0 Å². The number of para-hydroxylation sites is 1. The smallest absolute Gasteiger partial charge is 0.0542 e. The van der Waals surface area contributed by atoms with E-state index in [2.05, 4.69) is 156 Å². The predicted octanol–water partition coefficient (Wildman–Crippen LogP) is 9.37. The highest BCUT2D eigenvalue weighted by Gasteiger charge is 2.15. The van der Waals surface area contributed by atoms with Gasteiger partial charge in [0.2, 0.25) is 0 Å². The van der Waals surface area contributed by atoms with Gasteiger partial charge in [0.15, 0.2) is 0 Å². The zero-order chi connectivity index (χ0) is 24.8. The maximum absolute atomic E-state index is 2.41. The number of aromatic nitrogens is 1. The molecule has 0 aliphatic rings. The molecule has 6 aromatic carbocycles. The SMILES string of the molecule is CN(c1cccc(-c2ccccc2)c1)c1ccc2c(c1)c1ccccc1n2-c1cccc2ccccc12. The molecule has 0 atom stereocenters. The van der Waals surface area contributed by atoms with Crippen LogP contribution in [-0.2, 0) is 0 Å². The number of rotatable bonds is 4. The molecule has 0 saturated carbocycles. The van der Waals surface area contributed by atoms with Crippen molar-refractivity contribution in [3.63, 3.8) is 0 Å². The first-order valence-corrected chi connectivity index (χ1v) is 12.7. The zero-order valence-corrected chi connectivity index (χ0v) is 20.7. The third-order valence-corrected chi connectivity index (χ3v) is 7.39. The molecule has 0 N–H and O–H groups in total. The Morgan fingerprint density at radius 2 is 1.11 bits per heavy atom. The highest BCUT2D eigenvalue weighted by Crippen LogP contribution is 2.37. The molecule has 1 heterocycles. The Labute approximate surface area is 216 Å². The normalized spacial score (nSPS) is 11.4. The standard InChI is InChI=1S/C35H26N2/c1-36(28-16-9-15-27(23-28)25-11-3-2-4-12-25)29-21-22-35-32(24-29)31-18-7-8-19-34(31)37(35)33-20-10-14-26-13-5-6-17-30(26)33/h2-24H,1H3. The minimum absolute atomic E-state index is 1.17. The largest absolute Gasteiger partial charge is 0.345 e. The van der Waals surface area contributed by atoms with Crippen molar-refractivity contribution in [3.8, 4) is 16.8 Å². The molecule has 2 nitrogen and oxygen atoms in total. The van der Waals surface area contributed by atoms with E-state index in [1.165, 1.54) is 60.8 Å². The summed E-state index contributed by atoms with van der Waals surface area (Å²) >= 11 is 0. The Balaban J connectivity index is 1.39. The van der Waals surface area contributed by atoms with Crippen LogP contribution in [0.3, 0.4) is 0 Å². The lowest BCUT2D eigenvalue weighted by molar-refractivity contribution is 1.19. The molecule has 0 saturated heterocycles. The molecule has 37 heavy (non-hydrogen) atoms. The summed E-state index contributed by atoms with van der Waals surface area (Å²) in [5, 5.41) is 5.03. The van der Waals surface area contributed by atoms with Crippen LogP contribution in [0.5, 0.6) is 0 Å². The number of benzene rings is 6.